The van der Waals surface area contributed by atoms with E-state index in [1.54, 1.807) is 18.2 Å². The Morgan fingerprint density at radius 2 is 1.68 bits per heavy atom. The molecular weight excluding hydrogens is 378 g/mol. The summed E-state index contributed by atoms with van der Waals surface area (Å²) in [7, 11) is -3.82. The summed E-state index contributed by atoms with van der Waals surface area (Å²) in [5, 5.41) is 9.68. The van der Waals surface area contributed by atoms with Gasteiger partial charge in [-0.1, -0.05) is 45.9 Å². The predicted octanol–water partition coefficient (Wildman–Crippen LogP) is 3.70. The highest BCUT2D eigenvalue weighted by Gasteiger charge is 2.22. The lowest BCUT2D eigenvalue weighted by atomic mass is 10.1. The van der Waals surface area contributed by atoms with Gasteiger partial charge in [0.15, 0.2) is 0 Å². The van der Waals surface area contributed by atoms with Crippen LogP contribution in [0.2, 0.25) is 0 Å². The van der Waals surface area contributed by atoms with Gasteiger partial charge in [0, 0.05) is 13.1 Å². The first-order chi connectivity index (χ1) is 13.1. The number of anilines is 2. The Morgan fingerprint density at radius 1 is 1.11 bits per heavy atom. The van der Waals surface area contributed by atoms with Gasteiger partial charge in [-0.15, -0.1) is 0 Å². The molecule has 7 nitrogen and oxygen atoms in total. The van der Waals surface area contributed by atoms with Crippen LogP contribution in [0, 0.1) is 11.8 Å². The van der Waals surface area contributed by atoms with E-state index in [4.69, 9.17) is 0 Å². The van der Waals surface area contributed by atoms with Gasteiger partial charge in [-0.2, -0.15) is 0 Å². The number of aromatic nitrogens is 1. The third-order valence-electron chi connectivity index (χ3n) is 3.87. The van der Waals surface area contributed by atoms with Crippen molar-refractivity contribution in [1.82, 2.24) is 4.98 Å². The fourth-order valence-electron chi connectivity index (χ4n) is 2.87. The molecule has 152 valence electrons. The molecule has 1 aromatic heterocycles. The maximum atomic E-state index is 12.5. The van der Waals surface area contributed by atoms with Crippen molar-refractivity contribution < 1.29 is 18.3 Å². The van der Waals surface area contributed by atoms with Gasteiger partial charge in [0.2, 0.25) is 0 Å². The monoisotopic (exact) mass is 405 g/mol. The molecule has 28 heavy (non-hydrogen) atoms. The second-order valence-corrected chi connectivity index (χ2v) is 9.19. The zero-order valence-corrected chi connectivity index (χ0v) is 17.4. The normalized spacial score (nSPS) is 11.6. The van der Waals surface area contributed by atoms with E-state index >= 15 is 0 Å². The number of carboxylic acid groups (broad SMARTS) is 1. The van der Waals surface area contributed by atoms with E-state index in [0.717, 1.165) is 0 Å². The summed E-state index contributed by atoms with van der Waals surface area (Å²) in [4.78, 5) is 18.2. The third kappa shape index (κ3) is 5.69. The Balaban J connectivity index is 2.40. The first-order valence-electron chi connectivity index (χ1n) is 9.16. The first-order valence-corrected chi connectivity index (χ1v) is 10.6. The van der Waals surface area contributed by atoms with Gasteiger partial charge < -0.3 is 10.0 Å². The lowest BCUT2D eigenvalue weighted by molar-refractivity contribution is 0.0697. The van der Waals surface area contributed by atoms with E-state index in [-0.39, 0.29) is 16.1 Å². The molecule has 0 atom stereocenters. The number of carboxylic acids is 1. The number of aromatic carboxylic acids is 1. The zero-order valence-electron chi connectivity index (χ0n) is 16.6. The van der Waals surface area contributed by atoms with E-state index in [1.807, 2.05) is 4.90 Å². The van der Waals surface area contributed by atoms with E-state index in [2.05, 4.69) is 37.4 Å². The van der Waals surface area contributed by atoms with Gasteiger partial charge in [0.05, 0.1) is 16.8 Å². The molecule has 2 aromatic rings. The lowest BCUT2D eigenvalue weighted by Crippen LogP contribution is -2.33. The molecule has 1 aromatic carbocycles. The van der Waals surface area contributed by atoms with Crippen LogP contribution in [0.4, 0.5) is 11.5 Å². The highest BCUT2D eigenvalue weighted by atomic mass is 32.2. The van der Waals surface area contributed by atoms with Crippen molar-refractivity contribution in [2.45, 2.75) is 32.6 Å². The molecule has 2 N–H and O–H groups in total. The number of sulfonamides is 1. The Bertz CT molecular complexity index is 902. The Hall–Kier alpha value is -2.61. The van der Waals surface area contributed by atoms with Crippen LogP contribution in [-0.4, -0.2) is 37.6 Å². The van der Waals surface area contributed by atoms with Crippen LogP contribution >= 0.6 is 0 Å². The Kier molecular flexibility index (Phi) is 7.01. The molecule has 0 amide bonds. The summed E-state index contributed by atoms with van der Waals surface area (Å²) in [5.41, 5.74) is 0.0774. The number of hydrogen-bond acceptors (Lipinski definition) is 5. The molecule has 0 saturated carbocycles. The number of benzene rings is 1. The highest BCUT2D eigenvalue weighted by Crippen LogP contribution is 2.25. The second-order valence-electron chi connectivity index (χ2n) is 7.51. The molecule has 0 saturated heterocycles. The summed E-state index contributed by atoms with van der Waals surface area (Å²) in [6.07, 6.45) is 1.36. The van der Waals surface area contributed by atoms with Crippen molar-refractivity contribution in [2.24, 2.45) is 11.8 Å². The molecule has 1 heterocycles. The predicted molar refractivity (Wildman–Crippen MR) is 110 cm³/mol. The molecule has 0 radical (unpaired) electrons. The quantitative estimate of drug-likeness (QED) is 0.660. The van der Waals surface area contributed by atoms with Crippen LogP contribution < -0.4 is 9.62 Å². The SMILES string of the molecule is CC(C)CN(CC(C)C)c1ncc(NS(=O)(=O)c2ccccc2)cc1C(=O)O. The van der Waals surface area contributed by atoms with Gasteiger partial charge in [0.25, 0.3) is 10.0 Å². The number of nitrogens with zero attached hydrogens (tertiary/aromatic N) is 2. The molecule has 2 rings (SSSR count). The standard InChI is InChI=1S/C20H27N3O4S/c1-14(2)12-23(13-15(3)4)19-18(20(24)25)10-16(11-21-19)22-28(26,27)17-8-6-5-7-9-17/h5-11,14-15,22H,12-13H2,1-4H3,(H,24,25). The summed E-state index contributed by atoms with van der Waals surface area (Å²) in [5.74, 6) is -0.171. The Labute approximate surface area is 166 Å². The average molecular weight is 406 g/mol. The Morgan fingerprint density at radius 3 is 2.18 bits per heavy atom. The van der Waals surface area contributed by atoms with Gasteiger partial charge in [0.1, 0.15) is 11.4 Å². The average Bonchev–Trinajstić information content (AvgIpc) is 2.60. The van der Waals surface area contributed by atoms with Crippen molar-refractivity contribution in [2.75, 3.05) is 22.7 Å². The van der Waals surface area contributed by atoms with Crippen molar-refractivity contribution in [3.05, 3.63) is 48.2 Å². The number of nitrogens with one attached hydrogen (secondary N) is 1. The largest absolute Gasteiger partial charge is 0.478 e. The molecule has 0 bridgehead atoms. The summed E-state index contributed by atoms with van der Waals surface area (Å²) < 4.78 is 27.4. The minimum Gasteiger partial charge on any atom is -0.478 e. The topological polar surface area (TPSA) is 99.6 Å². The van der Waals surface area contributed by atoms with E-state index in [1.165, 1.54) is 24.4 Å². The van der Waals surface area contributed by atoms with Crippen LogP contribution in [0.3, 0.4) is 0 Å². The van der Waals surface area contributed by atoms with E-state index in [0.29, 0.717) is 30.7 Å². The van der Waals surface area contributed by atoms with Crippen LogP contribution in [0.5, 0.6) is 0 Å². The maximum Gasteiger partial charge on any atom is 0.339 e. The second kappa shape index (κ2) is 9.05. The fourth-order valence-corrected chi connectivity index (χ4v) is 3.92. The van der Waals surface area contributed by atoms with Crippen LogP contribution in [0.25, 0.3) is 0 Å². The van der Waals surface area contributed by atoms with Gasteiger partial charge in [-0.3, -0.25) is 4.72 Å². The molecule has 0 unspecified atom stereocenters. The van der Waals surface area contributed by atoms with E-state index in [9.17, 15) is 18.3 Å². The summed E-state index contributed by atoms with van der Waals surface area (Å²) >= 11 is 0. The smallest absolute Gasteiger partial charge is 0.339 e. The lowest BCUT2D eigenvalue weighted by Gasteiger charge is -2.28. The molecule has 0 aliphatic heterocycles. The summed E-state index contributed by atoms with van der Waals surface area (Å²) in [6.45, 7) is 9.51. The van der Waals surface area contributed by atoms with Crippen molar-refractivity contribution in [3.63, 3.8) is 0 Å². The molecule has 0 spiro atoms. The minimum atomic E-state index is -3.82. The van der Waals surface area contributed by atoms with E-state index < -0.39 is 16.0 Å². The molecule has 0 aliphatic rings. The number of hydrogen-bond donors (Lipinski definition) is 2. The van der Waals surface area contributed by atoms with Crippen molar-refractivity contribution in [3.8, 4) is 0 Å². The van der Waals surface area contributed by atoms with Crippen LogP contribution in [-0.2, 0) is 10.0 Å². The number of pyridine rings is 1. The van der Waals surface area contributed by atoms with Gasteiger partial charge in [-0.25, -0.2) is 18.2 Å². The third-order valence-corrected chi connectivity index (χ3v) is 5.27. The molecule has 0 fully saturated rings. The van der Waals surface area contributed by atoms with Crippen molar-refractivity contribution >= 4 is 27.5 Å². The van der Waals surface area contributed by atoms with Crippen LogP contribution in [0.1, 0.15) is 38.1 Å². The molecular formula is C20H27N3O4S. The number of rotatable bonds is 9. The van der Waals surface area contributed by atoms with Crippen molar-refractivity contribution in [1.29, 1.82) is 0 Å². The number of carbonyl (C=O) groups is 1. The highest BCUT2D eigenvalue weighted by molar-refractivity contribution is 7.92. The maximum absolute atomic E-state index is 12.5. The fraction of sp³-hybridized carbons (Fsp3) is 0.400. The van der Waals surface area contributed by atoms with Gasteiger partial charge >= 0.3 is 5.97 Å². The van der Waals surface area contributed by atoms with Crippen LogP contribution in [0.15, 0.2) is 47.5 Å². The minimum absolute atomic E-state index is 0.0328. The zero-order chi connectivity index (χ0) is 20.9. The molecule has 0 aliphatic carbocycles. The summed E-state index contributed by atoms with van der Waals surface area (Å²) in [6, 6.07) is 9.21. The first kappa shape index (κ1) is 21.7. The van der Waals surface area contributed by atoms with Gasteiger partial charge in [-0.05, 0) is 30.0 Å². The molecule has 8 heteroatoms.